The molecule has 0 aromatic heterocycles. The molecule has 0 amide bonds. The molecule has 2 aromatic carbocycles. The van der Waals surface area contributed by atoms with Gasteiger partial charge in [-0.05, 0) is 36.7 Å². The number of ketones is 1. The first-order chi connectivity index (χ1) is 10.7. The summed E-state index contributed by atoms with van der Waals surface area (Å²) in [5.74, 6) is 1.13. The molecule has 0 saturated heterocycles. The number of benzene rings is 2. The van der Waals surface area contributed by atoms with Crippen LogP contribution in [-0.4, -0.2) is 11.3 Å². The fourth-order valence-electron chi connectivity index (χ4n) is 4.77. The molecule has 112 valence electrons. The van der Waals surface area contributed by atoms with E-state index < -0.39 is 5.54 Å². The molecule has 2 nitrogen and oxygen atoms in total. The Balaban J connectivity index is 1.79. The quantitative estimate of drug-likeness (QED) is 0.875. The van der Waals surface area contributed by atoms with E-state index in [-0.39, 0.29) is 11.7 Å². The molecule has 0 radical (unpaired) electrons. The molecule has 2 aromatic rings. The van der Waals surface area contributed by atoms with Crippen molar-refractivity contribution in [1.82, 2.24) is 0 Å². The molecule has 4 atom stereocenters. The van der Waals surface area contributed by atoms with E-state index in [0.717, 1.165) is 18.4 Å². The van der Waals surface area contributed by atoms with Gasteiger partial charge in [-0.2, -0.15) is 0 Å². The number of hydrogen-bond acceptors (Lipinski definition) is 2. The molecule has 2 bridgehead atoms. The van der Waals surface area contributed by atoms with Crippen LogP contribution in [0.15, 0.2) is 60.7 Å². The maximum Gasteiger partial charge on any atom is 0.183 e. The second kappa shape index (κ2) is 5.06. The predicted molar refractivity (Wildman–Crippen MR) is 87.7 cm³/mol. The summed E-state index contributed by atoms with van der Waals surface area (Å²) < 4.78 is 0. The molecule has 4 unspecified atom stereocenters. The van der Waals surface area contributed by atoms with Crippen LogP contribution in [0.1, 0.15) is 41.1 Å². The average Bonchev–Trinajstić information content (AvgIpc) is 3.16. The lowest BCUT2D eigenvalue weighted by atomic mass is 9.67. The number of hydrogen-bond donors (Lipinski definition) is 1. The number of Topliss-reactive ketones (excluding diaryl/α,β-unsaturated/α-hetero) is 1. The summed E-state index contributed by atoms with van der Waals surface area (Å²) in [7, 11) is 0. The molecular weight excluding hydrogens is 270 g/mol. The molecule has 2 aliphatic rings. The molecule has 0 spiro atoms. The van der Waals surface area contributed by atoms with Crippen LogP contribution in [0.3, 0.4) is 0 Å². The van der Waals surface area contributed by atoms with Gasteiger partial charge in [-0.3, -0.25) is 4.79 Å². The van der Waals surface area contributed by atoms with Crippen molar-refractivity contribution >= 4 is 5.78 Å². The number of nitrogens with two attached hydrogens (primary N) is 1. The van der Waals surface area contributed by atoms with Crippen molar-refractivity contribution in [2.24, 2.45) is 17.6 Å². The lowest BCUT2D eigenvalue weighted by Gasteiger charge is -2.40. The SMILES string of the molecule is NC1(C(=O)c2ccccc2)C2CCC(C2)C1c1ccccc1. The minimum Gasteiger partial charge on any atom is -0.318 e. The Kier molecular flexibility index (Phi) is 3.16. The zero-order chi connectivity index (χ0) is 15.2. The monoisotopic (exact) mass is 291 g/mol. The van der Waals surface area contributed by atoms with Gasteiger partial charge in [0.25, 0.3) is 0 Å². The van der Waals surface area contributed by atoms with Crippen LogP contribution in [0.4, 0.5) is 0 Å². The van der Waals surface area contributed by atoms with E-state index in [1.54, 1.807) is 0 Å². The Labute approximate surface area is 131 Å². The van der Waals surface area contributed by atoms with Crippen LogP contribution < -0.4 is 5.73 Å². The Morgan fingerprint density at radius 2 is 1.59 bits per heavy atom. The summed E-state index contributed by atoms with van der Waals surface area (Å²) in [6.07, 6.45) is 3.38. The average molecular weight is 291 g/mol. The number of carbonyl (C=O) groups is 1. The van der Waals surface area contributed by atoms with E-state index >= 15 is 0 Å². The van der Waals surface area contributed by atoms with E-state index in [9.17, 15) is 4.79 Å². The highest BCUT2D eigenvalue weighted by atomic mass is 16.1. The van der Waals surface area contributed by atoms with Crippen molar-refractivity contribution in [2.45, 2.75) is 30.7 Å². The third kappa shape index (κ3) is 1.87. The first-order valence-corrected chi connectivity index (χ1v) is 8.15. The van der Waals surface area contributed by atoms with Gasteiger partial charge in [0.05, 0.1) is 5.54 Å². The number of carbonyl (C=O) groups excluding carboxylic acids is 1. The molecule has 22 heavy (non-hydrogen) atoms. The summed E-state index contributed by atoms with van der Waals surface area (Å²) in [6, 6.07) is 19.9. The molecule has 2 saturated carbocycles. The van der Waals surface area contributed by atoms with Gasteiger partial charge in [-0.1, -0.05) is 60.7 Å². The van der Waals surface area contributed by atoms with Crippen molar-refractivity contribution < 1.29 is 4.79 Å². The maximum absolute atomic E-state index is 13.2. The van der Waals surface area contributed by atoms with Crippen LogP contribution in [0.2, 0.25) is 0 Å². The van der Waals surface area contributed by atoms with Crippen molar-refractivity contribution in [3.8, 4) is 0 Å². The van der Waals surface area contributed by atoms with Gasteiger partial charge in [-0.25, -0.2) is 0 Å². The maximum atomic E-state index is 13.2. The summed E-state index contributed by atoms with van der Waals surface area (Å²) in [4.78, 5) is 13.2. The third-order valence-electron chi connectivity index (χ3n) is 5.72. The molecule has 2 heteroatoms. The van der Waals surface area contributed by atoms with E-state index in [2.05, 4.69) is 24.3 Å². The van der Waals surface area contributed by atoms with Crippen LogP contribution in [-0.2, 0) is 0 Å². The lowest BCUT2D eigenvalue weighted by molar-refractivity contribution is 0.0798. The van der Waals surface area contributed by atoms with Crippen LogP contribution >= 0.6 is 0 Å². The lowest BCUT2D eigenvalue weighted by Crippen LogP contribution is -2.56. The molecule has 0 heterocycles. The van der Waals surface area contributed by atoms with Crippen molar-refractivity contribution in [2.75, 3.05) is 0 Å². The van der Waals surface area contributed by atoms with Gasteiger partial charge >= 0.3 is 0 Å². The highest BCUT2D eigenvalue weighted by molar-refractivity contribution is 6.04. The normalized spacial score (nSPS) is 33.0. The third-order valence-corrected chi connectivity index (χ3v) is 5.72. The summed E-state index contributed by atoms with van der Waals surface area (Å²) in [5, 5.41) is 0. The molecule has 2 aliphatic carbocycles. The largest absolute Gasteiger partial charge is 0.318 e. The van der Waals surface area contributed by atoms with Crippen molar-refractivity contribution in [3.63, 3.8) is 0 Å². The highest BCUT2D eigenvalue weighted by Gasteiger charge is 2.60. The first kappa shape index (κ1) is 13.7. The van der Waals surface area contributed by atoms with Crippen LogP contribution in [0.25, 0.3) is 0 Å². The summed E-state index contributed by atoms with van der Waals surface area (Å²) in [6.45, 7) is 0. The van der Waals surface area contributed by atoms with E-state index in [0.29, 0.717) is 11.8 Å². The Hall–Kier alpha value is -1.93. The predicted octanol–water partition coefficient (Wildman–Crippen LogP) is 3.78. The minimum atomic E-state index is -0.744. The Morgan fingerprint density at radius 1 is 0.955 bits per heavy atom. The van der Waals surface area contributed by atoms with Gasteiger partial charge in [0.1, 0.15) is 0 Å². The van der Waals surface area contributed by atoms with Gasteiger partial charge < -0.3 is 5.73 Å². The number of fused-ring (bicyclic) bond motifs is 2. The smallest absolute Gasteiger partial charge is 0.183 e. The molecule has 2 fully saturated rings. The highest BCUT2D eigenvalue weighted by Crippen LogP contribution is 2.58. The second-order valence-corrected chi connectivity index (χ2v) is 6.79. The van der Waals surface area contributed by atoms with Crippen molar-refractivity contribution in [1.29, 1.82) is 0 Å². The summed E-state index contributed by atoms with van der Waals surface area (Å²) >= 11 is 0. The van der Waals surface area contributed by atoms with Gasteiger partial charge in [0, 0.05) is 11.5 Å². The molecule has 4 rings (SSSR count). The molecule has 0 aliphatic heterocycles. The van der Waals surface area contributed by atoms with Crippen LogP contribution in [0.5, 0.6) is 0 Å². The minimum absolute atomic E-state index is 0.120. The second-order valence-electron chi connectivity index (χ2n) is 6.79. The number of rotatable bonds is 3. The van der Waals surface area contributed by atoms with Gasteiger partial charge in [0.15, 0.2) is 5.78 Å². The standard InChI is InChI=1S/C20H21NO/c21-20(19(22)15-9-5-2-6-10-15)17-12-11-16(13-17)18(20)14-7-3-1-4-8-14/h1-10,16-18H,11-13,21H2. The Bertz CT molecular complexity index is 681. The van der Waals surface area contributed by atoms with Gasteiger partial charge in [-0.15, -0.1) is 0 Å². The van der Waals surface area contributed by atoms with E-state index in [4.69, 9.17) is 5.73 Å². The van der Waals surface area contributed by atoms with E-state index in [1.807, 2.05) is 36.4 Å². The van der Waals surface area contributed by atoms with Crippen LogP contribution in [0, 0.1) is 11.8 Å². The Morgan fingerprint density at radius 3 is 2.27 bits per heavy atom. The van der Waals surface area contributed by atoms with Crippen molar-refractivity contribution in [3.05, 3.63) is 71.8 Å². The topological polar surface area (TPSA) is 43.1 Å². The first-order valence-electron chi connectivity index (χ1n) is 8.15. The summed E-state index contributed by atoms with van der Waals surface area (Å²) in [5.41, 5.74) is 8.07. The van der Waals surface area contributed by atoms with Gasteiger partial charge in [0.2, 0.25) is 0 Å². The fourth-order valence-corrected chi connectivity index (χ4v) is 4.77. The zero-order valence-corrected chi connectivity index (χ0v) is 12.6. The fraction of sp³-hybridized carbons (Fsp3) is 0.350. The molecular formula is C20H21NO. The van der Waals surface area contributed by atoms with E-state index in [1.165, 1.54) is 12.0 Å². The molecule has 2 N–H and O–H groups in total. The zero-order valence-electron chi connectivity index (χ0n) is 12.6.